The van der Waals surface area contributed by atoms with Gasteiger partial charge in [0, 0.05) is 6.20 Å². The molecule has 11 heavy (non-hydrogen) atoms. The number of aryl methyl sites for hydroxylation is 2. The molecule has 0 saturated carbocycles. The van der Waals surface area contributed by atoms with Crippen LogP contribution in [-0.4, -0.2) is 12.1 Å². The molecule has 1 aromatic heterocycles. The Morgan fingerprint density at radius 1 is 1.55 bits per heavy atom. The van der Waals surface area contributed by atoms with Gasteiger partial charge in [-0.15, -0.1) is 0 Å². The van der Waals surface area contributed by atoms with Crippen LogP contribution in [0.5, 0.6) is 5.75 Å². The molecule has 1 rings (SSSR count). The predicted molar refractivity (Wildman–Crippen MR) is 44.9 cm³/mol. The molecule has 0 atom stereocenters. The van der Waals surface area contributed by atoms with Crippen LogP contribution in [0, 0.1) is 6.92 Å². The summed E-state index contributed by atoms with van der Waals surface area (Å²) in [7, 11) is 1.67. The van der Waals surface area contributed by atoms with Gasteiger partial charge < -0.3 is 4.74 Å². The Kier molecular flexibility index (Phi) is 2.47. The fourth-order valence-corrected chi connectivity index (χ4v) is 0.953. The summed E-state index contributed by atoms with van der Waals surface area (Å²) in [5.74, 6) is 0.879. The zero-order valence-electron chi connectivity index (χ0n) is 7.22. The molecule has 0 aliphatic carbocycles. The van der Waals surface area contributed by atoms with Gasteiger partial charge in [0.15, 0.2) is 0 Å². The number of nitrogens with zero attached hydrogens (tertiary/aromatic N) is 1. The molecule has 0 bridgehead atoms. The molecule has 0 spiro atoms. The van der Waals surface area contributed by atoms with E-state index in [0.29, 0.717) is 0 Å². The molecule has 0 radical (unpaired) electrons. The molecule has 2 nitrogen and oxygen atoms in total. The van der Waals surface area contributed by atoms with E-state index in [1.165, 1.54) is 5.56 Å². The Bertz CT molecular complexity index is 245. The van der Waals surface area contributed by atoms with Crippen LogP contribution in [0.4, 0.5) is 0 Å². The summed E-state index contributed by atoms with van der Waals surface area (Å²) in [6, 6.07) is 2.03. The third-order valence-corrected chi connectivity index (χ3v) is 1.73. The van der Waals surface area contributed by atoms with Gasteiger partial charge in [-0.25, -0.2) is 0 Å². The normalized spacial score (nSPS) is 9.73. The van der Waals surface area contributed by atoms with Crippen molar-refractivity contribution in [2.45, 2.75) is 20.3 Å². The van der Waals surface area contributed by atoms with Gasteiger partial charge in [-0.1, -0.05) is 6.92 Å². The summed E-state index contributed by atoms with van der Waals surface area (Å²) >= 11 is 0. The van der Waals surface area contributed by atoms with E-state index in [9.17, 15) is 0 Å². The summed E-state index contributed by atoms with van der Waals surface area (Å²) < 4.78 is 5.12. The molecule has 1 aromatic rings. The first-order chi connectivity index (χ1) is 5.27. The van der Waals surface area contributed by atoms with E-state index in [1.807, 2.05) is 19.2 Å². The Hall–Kier alpha value is -1.05. The maximum atomic E-state index is 5.12. The molecule has 2 heteroatoms. The summed E-state index contributed by atoms with van der Waals surface area (Å²) in [5, 5.41) is 0. The van der Waals surface area contributed by atoms with Crippen molar-refractivity contribution in [3.8, 4) is 5.75 Å². The lowest BCUT2D eigenvalue weighted by molar-refractivity contribution is 0.408. The largest absolute Gasteiger partial charge is 0.495 e. The Morgan fingerprint density at radius 3 is 2.82 bits per heavy atom. The van der Waals surface area contributed by atoms with Gasteiger partial charge >= 0.3 is 0 Å². The molecular weight excluding hydrogens is 138 g/mol. The van der Waals surface area contributed by atoms with Crippen molar-refractivity contribution in [3.63, 3.8) is 0 Å². The molecule has 0 saturated heterocycles. The minimum Gasteiger partial charge on any atom is -0.495 e. The van der Waals surface area contributed by atoms with Crippen molar-refractivity contribution < 1.29 is 4.74 Å². The molecule has 0 N–H and O–H groups in total. The lowest BCUT2D eigenvalue weighted by Gasteiger charge is -2.04. The molecule has 0 amide bonds. The SMILES string of the molecule is CCc1cnc(C)c(OC)c1. The first-order valence-corrected chi connectivity index (χ1v) is 3.77. The summed E-state index contributed by atoms with van der Waals surface area (Å²) in [6.07, 6.45) is 2.89. The molecular formula is C9H13NO. The Morgan fingerprint density at radius 2 is 2.27 bits per heavy atom. The molecule has 0 aliphatic heterocycles. The van der Waals surface area contributed by atoms with E-state index in [2.05, 4.69) is 11.9 Å². The van der Waals surface area contributed by atoms with Crippen molar-refractivity contribution in [2.24, 2.45) is 0 Å². The second kappa shape index (κ2) is 3.37. The van der Waals surface area contributed by atoms with Crippen molar-refractivity contribution in [1.29, 1.82) is 0 Å². The highest BCUT2D eigenvalue weighted by atomic mass is 16.5. The van der Waals surface area contributed by atoms with Gasteiger partial charge in [-0.05, 0) is 25.0 Å². The van der Waals surface area contributed by atoms with Crippen LogP contribution in [0.15, 0.2) is 12.3 Å². The Labute approximate surface area is 67.2 Å². The molecule has 60 valence electrons. The summed E-state index contributed by atoms with van der Waals surface area (Å²) in [5.41, 5.74) is 2.16. The van der Waals surface area contributed by atoms with Crippen LogP contribution >= 0.6 is 0 Å². The van der Waals surface area contributed by atoms with Gasteiger partial charge in [-0.2, -0.15) is 0 Å². The highest BCUT2D eigenvalue weighted by molar-refractivity contribution is 5.30. The molecule has 0 fully saturated rings. The van der Waals surface area contributed by atoms with Crippen LogP contribution in [0.1, 0.15) is 18.2 Å². The van der Waals surface area contributed by atoms with Crippen LogP contribution in [0.25, 0.3) is 0 Å². The van der Waals surface area contributed by atoms with Crippen LogP contribution in [0.2, 0.25) is 0 Å². The molecule has 1 heterocycles. The minimum atomic E-state index is 0.879. The van der Waals surface area contributed by atoms with Crippen LogP contribution < -0.4 is 4.74 Å². The highest BCUT2D eigenvalue weighted by Crippen LogP contribution is 2.15. The summed E-state index contributed by atoms with van der Waals surface area (Å²) in [6.45, 7) is 4.05. The monoisotopic (exact) mass is 151 g/mol. The van der Waals surface area contributed by atoms with Gasteiger partial charge in [0.2, 0.25) is 0 Å². The quantitative estimate of drug-likeness (QED) is 0.644. The van der Waals surface area contributed by atoms with Crippen molar-refractivity contribution in [3.05, 3.63) is 23.5 Å². The number of pyridine rings is 1. The third-order valence-electron chi connectivity index (χ3n) is 1.73. The van der Waals surface area contributed by atoms with Crippen LogP contribution in [0.3, 0.4) is 0 Å². The minimum absolute atomic E-state index is 0.879. The maximum Gasteiger partial charge on any atom is 0.140 e. The smallest absolute Gasteiger partial charge is 0.140 e. The average molecular weight is 151 g/mol. The van der Waals surface area contributed by atoms with Crippen molar-refractivity contribution >= 4 is 0 Å². The van der Waals surface area contributed by atoms with Crippen LogP contribution in [-0.2, 0) is 6.42 Å². The number of hydrogen-bond donors (Lipinski definition) is 0. The molecule has 0 aliphatic rings. The van der Waals surface area contributed by atoms with E-state index in [-0.39, 0.29) is 0 Å². The fourth-order valence-electron chi connectivity index (χ4n) is 0.953. The zero-order valence-corrected chi connectivity index (χ0v) is 7.22. The van der Waals surface area contributed by atoms with E-state index >= 15 is 0 Å². The van der Waals surface area contributed by atoms with Crippen molar-refractivity contribution in [2.75, 3.05) is 7.11 Å². The van der Waals surface area contributed by atoms with Gasteiger partial charge in [0.1, 0.15) is 5.75 Å². The maximum absolute atomic E-state index is 5.12. The molecule has 0 unspecified atom stereocenters. The Balaban J connectivity index is 3.02. The topological polar surface area (TPSA) is 22.1 Å². The predicted octanol–water partition coefficient (Wildman–Crippen LogP) is 1.96. The number of ether oxygens (including phenoxy) is 1. The second-order valence-corrected chi connectivity index (χ2v) is 2.48. The number of rotatable bonds is 2. The summed E-state index contributed by atoms with van der Waals surface area (Å²) in [4.78, 5) is 4.20. The third kappa shape index (κ3) is 1.70. The standard InChI is InChI=1S/C9H13NO/c1-4-8-5-9(11-3)7(2)10-6-8/h5-6H,4H2,1-3H3. The van der Waals surface area contributed by atoms with E-state index in [1.54, 1.807) is 7.11 Å². The van der Waals surface area contributed by atoms with Gasteiger partial charge in [-0.3, -0.25) is 4.98 Å². The highest BCUT2D eigenvalue weighted by Gasteiger charge is 1.98. The lowest BCUT2D eigenvalue weighted by atomic mass is 10.2. The fraction of sp³-hybridized carbons (Fsp3) is 0.444. The zero-order chi connectivity index (χ0) is 8.27. The van der Waals surface area contributed by atoms with Gasteiger partial charge in [0.05, 0.1) is 12.8 Å². The first kappa shape index (κ1) is 8.05. The second-order valence-electron chi connectivity index (χ2n) is 2.48. The van der Waals surface area contributed by atoms with E-state index in [4.69, 9.17) is 4.74 Å². The average Bonchev–Trinajstić information content (AvgIpc) is 2.05. The van der Waals surface area contributed by atoms with E-state index < -0.39 is 0 Å². The number of hydrogen-bond acceptors (Lipinski definition) is 2. The van der Waals surface area contributed by atoms with Crippen molar-refractivity contribution in [1.82, 2.24) is 4.98 Å². The first-order valence-electron chi connectivity index (χ1n) is 3.77. The molecule has 0 aromatic carbocycles. The number of methoxy groups -OCH3 is 1. The lowest BCUT2D eigenvalue weighted by Crippen LogP contribution is -1.92. The van der Waals surface area contributed by atoms with Gasteiger partial charge in [0.25, 0.3) is 0 Å². The number of aromatic nitrogens is 1. The van der Waals surface area contributed by atoms with E-state index in [0.717, 1.165) is 17.9 Å².